The summed E-state index contributed by atoms with van der Waals surface area (Å²) in [5.74, 6) is 0.552. The maximum atomic E-state index is 5.94. The topological polar surface area (TPSA) is 35.0 Å². The van der Waals surface area contributed by atoms with Crippen molar-refractivity contribution in [1.29, 1.82) is 0 Å². The van der Waals surface area contributed by atoms with E-state index in [2.05, 4.69) is 25.9 Å². The molecule has 3 nitrogen and oxygen atoms in total. The van der Waals surface area contributed by atoms with Gasteiger partial charge in [-0.2, -0.15) is 0 Å². The minimum absolute atomic E-state index is 0.290. The average Bonchev–Trinajstić information content (AvgIpc) is 2.33. The molecule has 0 amide bonds. The van der Waals surface area contributed by atoms with Gasteiger partial charge in [-0.1, -0.05) is 39.7 Å². The van der Waals surface area contributed by atoms with Crippen molar-refractivity contribution in [3.8, 4) is 11.8 Å². The highest BCUT2D eigenvalue weighted by Crippen LogP contribution is 2.26. The summed E-state index contributed by atoms with van der Waals surface area (Å²) in [5, 5.41) is 1.26. The van der Waals surface area contributed by atoms with E-state index in [-0.39, 0.29) is 6.01 Å². The van der Waals surface area contributed by atoms with Gasteiger partial charge < -0.3 is 4.74 Å². The van der Waals surface area contributed by atoms with E-state index in [4.69, 9.17) is 16.3 Å². The van der Waals surface area contributed by atoms with Crippen molar-refractivity contribution in [2.75, 3.05) is 0 Å². The van der Waals surface area contributed by atoms with E-state index in [1.54, 1.807) is 24.5 Å². The quantitative estimate of drug-likeness (QED) is 0.808. The van der Waals surface area contributed by atoms with Gasteiger partial charge in [0, 0.05) is 17.7 Å². The highest BCUT2D eigenvalue weighted by atomic mass is 79.9. The van der Waals surface area contributed by atoms with Crippen LogP contribution in [0.1, 0.15) is 5.56 Å². The lowest BCUT2D eigenvalue weighted by Gasteiger charge is -2.04. The van der Waals surface area contributed by atoms with Gasteiger partial charge in [0.15, 0.2) is 0 Å². The molecular weight excluding hydrogens is 291 g/mol. The van der Waals surface area contributed by atoms with Gasteiger partial charge in [-0.05, 0) is 17.7 Å². The van der Waals surface area contributed by atoms with Crippen LogP contribution in [-0.2, 0) is 5.33 Å². The Morgan fingerprint density at radius 1 is 1.19 bits per heavy atom. The van der Waals surface area contributed by atoms with Crippen LogP contribution in [0.2, 0.25) is 5.02 Å². The summed E-state index contributed by atoms with van der Waals surface area (Å²) in [6.45, 7) is 0. The van der Waals surface area contributed by atoms with Gasteiger partial charge in [0.1, 0.15) is 5.75 Å². The Morgan fingerprint density at radius 3 is 2.50 bits per heavy atom. The molecule has 0 saturated carbocycles. The first-order chi connectivity index (χ1) is 7.79. The smallest absolute Gasteiger partial charge is 0.321 e. The fourth-order valence-corrected chi connectivity index (χ4v) is 1.55. The van der Waals surface area contributed by atoms with Crippen LogP contribution in [0.4, 0.5) is 0 Å². The van der Waals surface area contributed by atoms with Crippen LogP contribution in [0.15, 0.2) is 36.7 Å². The third-order valence-electron chi connectivity index (χ3n) is 1.87. The van der Waals surface area contributed by atoms with Gasteiger partial charge >= 0.3 is 6.01 Å². The van der Waals surface area contributed by atoms with Crippen molar-refractivity contribution in [3.63, 3.8) is 0 Å². The van der Waals surface area contributed by atoms with Gasteiger partial charge in [-0.15, -0.1) is 0 Å². The summed E-state index contributed by atoms with van der Waals surface area (Å²) in [6.07, 6.45) is 3.40. The molecular formula is C11H8BrClN2O. The van der Waals surface area contributed by atoms with Crippen LogP contribution in [-0.4, -0.2) is 9.97 Å². The zero-order valence-corrected chi connectivity index (χ0v) is 10.6. The number of para-hydroxylation sites is 1. The molecule has 5 heteroatoms. The van der Waals surface area contributed by atoms with E-state index >= 15 is 0 Å². The Balaban J connectivity index is 2.18. The van der Waals surface area contributed by atoms with Crippen molar-refractivity contribution < 1.29 is 4.74 Å². The Hall–Kier alpha value is -1.13. The predicted molar refractivity (Wildman–Crippen MR) is 66.2 cm³/mol. The first kappa shape index (κ1) is 11.4. The lowest BCUT2D eigenvalue weighted by Crippen LogP contribution is -1.93. The number of benzene rings is 1. The van der Waals surface area contributed by atoms with Gasteiger partial charge in [-0.25, -0.2) is 9.97 Å². The second-order valence-electron chi connectivity index (χ2n) is 3.04. The normalized spacial score (nSPS) is 10.1. The van der Waals surface area contributed by atoms with Gasteiger partial charge in [-0.3, -0.25) is 0 Å². The molecule has 0 radical (unpaired) electrons. The Bertz CT molecular complexity index is 476. The summed E-state index contributed by atoms with van der Waals surface area (Å²) in [6, 6.07) is 7.49. The molecule has 0 N–H and O–H groups in total. The number of aromatic nitrogens is 2. The maximum Gasteiger partial charge on any atom is 0.321 e. The zero-order chi connectivity index (χ0) is 11.4. The molecule has 0 saturated heterocycles. The fourth-order valence-electron chi connectivity index (χ4n) is 1.09. The summed E-state index contributed by atoms with van der Waals surface area (Å²) in [5.41, 5.74) is 0.992. The third kappa shape index (κ3) is 2.71. The molecule has 0 aliphatic heterocycles. The van der Waals surface area contributed by atoms with Gasteiger partial charge in [0.25, 0.3) is 0 Å². The summed E-state index contributed by atoms with van der Waals surface area (Å²) >= 11 is 9.26. The number of halogens is 2. The minimum atomic E-state index is 0.290. The van der Waals surface area contributed by atoms with Gasteiger partial charge in [0.2, 0.25) is 0 Å². The number of ether oxygens (including phenoxy) is 1. The predicted octanol–water partition coefficient (Wildman–Crippen LogP) is 3.82. The second kappa shape index (κ2) is 5.27. The maximum absolute atomic E-state index is 5.94. The minimum Gasteiger partial charge on any atom is -0.423 e. The van der Waals surface area contributed by atoms with Crippen LogP contribution < -0.4 is 4.74 Å². The third-order valence-corrected chi connectivity index (χ3v) is 2.83. The van der Waals surface area contributed by atoms with Crippen LogP contribution in [0.25, 0.3) is 0 Å². The molecule has 2 rings (SSSR count). The molecule has 0 atom stereocenters. The van der Waals surface area contributed by atoms with Crippen molar-refractivity contribution in [2.24, 2.45) is 0 Å². The molecule has 1 aromatic heterocycles. The molecule has 16 heavy (non-hydrogen) atoms. The number of hydrogen-bond acceptors (Lipinski definition) is 3. The van der Waals surface area contributed by atoms with E-state index in [1.807, 2.05) is 12.1 Å². The van der Waals surface area contributed by atoms with Gasteiger partial charge in [0.05, 0.1) is 5.02 Å². The SMILES string of the molecule is Clc1ccccc1Oc1ncc(CBr)cn1. The molecule has 0 spiro atoms. The molecule has 0 aliphatic rings. The molecule has 82 valence electrons. The summed E-state index contributed by atoms with van der Waals surface area (Å²) in [4.78, 5) is 8.13. The monoisotopic (exact) mass is 298 g/mol. The van der Waals surface area contributed by atoms with Crippen LogP contribution >= 0.6 is 27.5 Å². The van der Waals surface area contributed by atoms with Crippen molar-refractivity contribution in [2.45, 2.75) is 5.33 Å². The fraction of sp³-hybridized carbons (Fsp3) is 0.0909. The first-order valence-corrected chi connectivity index (χ1v) is 6.09. The number of nitrogens with zero attached hydrogens (tertiary/aromatic N) is 2. The van der Waals surface area contributed by atoms with E-state index in [1.165, 1.54) is 0 Å². The number of hydrogen-bond donors (Lipinski definition) is 0. The Kier molecular flexibility index (Phi) is 3.74. The van der Waals surface area contributed by atoms with Crippen molar-refractivity contribution in [1.82, 2.24) is 9.97 Å². The summed E-state index contributed by atoms with van der Waals surface area (Å²) < 4.78 is 5.44. The highest BCUT2D eigenvalue weighted by molar-refractivity contribution is 9.08. The largest absolute Gasteiger partial charge is 0.423 e. The Labute approximate surface area is 107 Å². The second-order valence-corrected chi connectivity index (χ2v) is 4.01. The molecule has 1 aromatic carbocycles. The lowest BCUT2D eigenvalue weighted by molar-refractivity contribution is 0.441. The molecule has 0 fully saturated rings. The number of alkyl halides is 1. The molecule has 2 aromatic rings. The lowest BCUT2D eigenvalue weighted by atomic mass is 10.3. The highest BCUT2D eigenvalue weighted by Gasteiger charge is 2.03. The first-order valence-electron chi connectivity index (χ1n) is 4.59. The standard InChI is InChI=1S/C11H8BrClN2O/c12-5-8-6-14-11(15-7-8)16-10-4-2-1-3-9(10)13/h1-4,6-7H,5H2. The van der Waals surface area contributed by atoms with E-state index in [0.717, 1.165) is 10.9 Å². The van der Waals surface area contributed by atoms with Crippen molar-refractivity contribution in [3.05, 3.63) is 47.2 Å². The van der Waals surface area contributed by atoms with Crippen LogP contribution in [0.3, 0.4) is 0 Å². The number of rotatable bonds is 3. The van der Waals surface area contributed by atoms with E-state index in [0.29, 0.717) is 10.8 Å². The Morgan fingerprint density at radius 2 is 1.88 bits per heavy atom. The summed E-state index contributed by atoms with van der Waals surface area (Å²) in [7, 11) is 0. The molecule has 1 heterocycles. The molecule has 0 aliphatic carbocycles. The zero-order valence-electron chi connectivity index (χ0n) is 8.23. The van der Waals surface area contributed by atoms with E-state index < -0.39 is 0 Å². The molecule has 0 bridgehead atoms. The van der Waals surface area contributed by atoms with E-state index in [9.17, 15) is 0 Å². The molecule has 0 unspecified atom stereocenters. The average molecular weight is 300 g/mol. The van der Waals surface area contributed by atoms with Crippen LogP contribution in [0.5, 0.6) is 11.8 Å². The van der Waals surface area contributed by atoms with Crippen molar-refractivity contribution >= 4 is 27.5 Å². The van der Waals surface area contributed by atoms with Crippen LogP contribution in [0, 0.1) is 0 Å².